The second-order valence-electron chi connectivity index (χ2n) is 9.76. The number of amidine groups is 1. The Bertz CT molecular complexity index is 1360. The summed E-state index contributed by atoms with van der Waals surface area (Å²) < 4.78 is 25.3. The van der Waals surface area contributed by atoms with E-state index in [4.69, 9.17) is 5.73 Å². The van der Waals surface area contributed by atoms with E-state index in [0.717, 1.165) is 55.3 Å². The molecule has 0 aromatic heterocycles. The molecule has 10 heteroatoms. The highest BCUT2D eigenvalue weighted by Crippen LogP contribution is 2.32. The van der Waals surface area contributed by atoms with Crippen molar-refractivity contribution in [3.63, 3.8) is 0 Å². The monoisotopic (exact) mass is 537 g/mol. The van der Waals surface area contributed by atoms with Gasteiger partial charge in [-0.2, -0.15) is 0 Å². The molecule has 2 aliphatic rings. The van der Waals surface area contributed by atoms with E-state index < -0.39 is 10.0 Å². The fraction of sp³-hybridized carbons (Fsp3) is 0.393. The zero-order chi connectivity index (χ0) is 27.3. The van der Waals surface area contributed by atoms with E-state index in [2.05, 4.69) is 9.71 Å². The Morgan fingerprint density at radius 3 is 2.39 bits per heavy atom. The smallest absolute Gasteiger partial charge is 0.253 e. The minimum atomic E-state index is -3.34. The van der Waals surface area contributed by atoms with Gasteiger partial charge in [-0.3, -0.25) is 9.59 Å². The highest BCUT2D eigenvalue weighted by atomic mass is 32.2. The molecule has 0 bridgehead atoms. The number of fused-ring (bicyclic) bond motifs is 1. The summed E-state index contributed by atoms with van der Waals surface area (Å²) >= 11 is 0. The van der Waals surface area contributed by atoms with E-state index in [1.54, 1.807) is 4.90 Å². The first-order valence-corrected chi connectivity index (χ1v) is 14.8. The molecule has 2 aromatic rings. The first kappa shape index (κ1) is 27.5. The van der Waals surface area contributed by atoms with Crippen molar-refractivity contribution in [1.82, 2.24) is 14.5 Å². The highest BCUT2D eigenvalue weighted by Gasteiger charge is 2.22. The van der Waals surface area contributed by atoms with Crippen LogP contribution in [0, 0.1) is 0 Å². The minimum absolute atomic E-state index is 0.0694. The van der Waals surface area contributed by atoms with E-state index in [0.29, 0.717) is 29.2 Å². The molecule has 0 radical (unpaired) electrons. The van der Waals surface area contributed by atoms with Crippen LogP contribution in [0.2, 0.25) is 0 Å². The standard InChI is InChI=1S/C28H35N5O4S/c1-3-13-32(16-12-30-38(2,36)37)28(35)24-17-23-11-10-22(18-25(23)31-26(29)19-24)20-6-8-21(9-7-20)27(34)33-14-4-5-15-33/h6-11,17-18,30H,3-5,12-16,19H2,1-2H3,(H2,29,31). The van der Waals surface area contributed by atoms with Gasteiger partial charge in [-0.25, -0.2) is 18.1 Å². The SMILES string of the molecule is CCCN(CCNS(C)(=O)=O)C(=O)C1=Cc2ccc(-c3ccc(C(=O)N4CCCC4)cc3)cc2N=C(N)C1. The maximum absolute atomic E-state index is 13.4. The van der Waals surface area contributed by atoms with Crippen LogP contribution in [0.1, 0.15) is 48.5 Å². The quantitative estimate of drug-likeness (QED) is 0.508. The zero-order valence-corrected chi connectivity index (χ0v) is 22.8. The number of carbonyl (C=O) groups excluding carboxylic acids is 2. The van der Waals surface area contributed by atoms with Gasteiger partial charge in [0.25, 0.3) is 5.91 Å². The maximum Gasteiger partial charge on any atom is 0.253 e. The van der Waals surface area contributed by atoms with Crippen molar-refractivity contribution in [3.05, 3.63) is 59.2 Å². The molecular formula is C28H35N5O4S. The Morgan fingerprint density at radius 1 is 1.05 bits per heavy atom. The zero-order valence-electron chi connectivity index (χ0n) is 21.9. The lowest BCUT2D eigenvalue weighted by Crippen LogP contribution is -2.39. The number of hydrogen-bond acceptors (Lipinski definition) is 6. The molecule has 0 saturated carbocycles. The summed E-state index contributed by atoms with van der Waals surface area (Å²) in [5, 5.41) is 0. The molecule has 0 aliphatic carbocycles. The summed E-state index contributed by atoms with van der Waals surface area (Å²) in [7, 11) is -3.34. The number of sulfonamides is 1. The van der Waals surface area contributed by atoms with Crippen molar-refractivity contribution in [2.24, 2.45) is 10.7 Å². The summed E-state index contributed by atoms with van der Waals surface area (Å²) in [6.45, 7) is 4.50. The number of benzene rings is 2. The van der Waals surface area contributed by atoms with Gasteiger partial charge in [0, 0.05) is 55.8 Å². The lowest BCUT2D eigenvalue weighted by atomic mass is 9.99. The number of amides is 2. The van der Waals surface area contributed by atoms with Crippen LogP contribution in [0.5, 0.6) is 0 Å². The number of likely N-dealkylation sites (tertiary alicyclic amines) is 1. The second kappa shape index (κ2) is 11.9. The number of carbonyl (C=O) groups is 2. The molecular weight excluding hydrogens is 502 g/mol. The van der Waals surface area contributed by atoms with Crippen LogP contribution >= 0.6 is 0 Å². The van der Waals surface area contributed by atoms with Crippen molar-refractivity contribution in [2.75, 3.05) is 39.0 Å². The fourth-order valence-electron chi connectivity index (χ4n) is 4.77. The summed E-state index contributed by atoms with van der Waals surface area (Å²) in [6.07, 6.45) is 5.97. The lowest BCUT2D eigenvalue weighted by molar-refractivity contribution is -0.127. The predicted octanol–water partition coefficient (Wildman–Crippen LogP) is 3.15. The molecule has 0 unspecified atom stereocenters. The second-order valence-corrected chi connectivity index (χ2v) is 11.6. The average Bonchev–Trinajstić information content (AvgIpc) is 3.36. The van der Waals surface area contributed by atoms with E-state index in [9.17, 15) is 18.0 Å². The summed E-state index contributed by atoms with van der Waals surface area (Å²) in [4.78, 5) is 34.1. The molecule has 1 fully saturated rings. The van der Waals surface area contributed by atoms with Crippen molar-refractivity contribution < 1.29 is 18.0 Å². The molecule has 2 aliphatic heterocycles. The van der Waals surface area contributed by atoms with Gasteiger partial charge >= 0.3 is 0 Å². The number of nitrogens with two attached hydrogens (primary N) is 1. The largest absolute Gasteiger partial charge is 0.387 e. The Hall–Kier alpha value is -3.50. The lowest BCUT2D eigenvalue weighted by Gasteiger charge is -2.23. The summed E-state index contributed by atoms with van der Waals surface area (Å²) in [6, 6.07) is 13.4. The number of aliphatic imine (C=N–C) groups is 1. The van der Waals surface area contributed by atoms with Gasteiger partial charge in [-0.05, 0) is 54.7 Å². The van der Waals surface area contributed by atoms with Crippen molar-refractivity contribution in [2.45, 2.75) is 32.6 Å². The van der Waals surface area contributed by atoms with E-state index >= 15 is 0 Å². The van der Waals surface area contributed by atoms with Gasteiger partial charge in [0.1, 0.15) is 5.84 Å². The van der Waals surface area contributed by atoms with E-state index in [-0.39, 0.29) is 31.3 Å². The van der Waals surface area contributed by atoms with Crippen LogP contribution in [-0.2, 0) is 14.8 Å². The highest BCUT2D eigenvalue weighted by molar-refractivity contribution is 7.88. The van der Waals surface area contributed by atoms with Gasteiger partial charge < -0.3 is 15.5 Å². The van der Waals surface area contributed by atoms with Crippen LogP contribution in [0.3, 0.4) is 0 Å². The molecule has 38 heavy (non-hydrogen) atoms. The molecule has 4 rings (SSSR count). The Morgan fingerprint density at radius 2 is 1.74 bits per heavy atom. The summed E-state index contributed by atoms with van der Waals surface area (Å²) in [5.41, 5.74) is 10.7. The summed E-state index contributed by atoms with van der Waals surface area (Å²) in [5.74, 6) is 0.216. The molecule has 3 N–H and O–H groups in total. The third kappa shape index (κ3) is 6.87. The Kier molecular flexibility index (Phi) is 8.63. The third-order valence-electron chi connectivity index (χ3n) is 6.66. The molecule has 2 amide bonds. The van der Waals surface area contributed by atoms with E-state index in [1.165, 1.54) is 0 Å². The third-order valence-corrected chi connectivity index (χ3v) is 7.38. The van der Waals surface area contributed by atoms with Gasteiger partial charge in [0.15, 0.2) is 0 Å². The predicted molar refractivity (Wildman–Crippen MR) is 151 cm³/mol. The minimum Gasteiger partial charge on any atom is -0.387 e. The number of rotatable bonds is 9. The first-order valence-electron chi connectivity index (χ1n) is 13.0. The maximum atomic E-state index is 13.4. The first-order chi connectivity index (χ1) is 18.1. The van der Waals surface area contributed by atoms with Gasteiger partial charge in [-0.1, -0.05) is 31.2 Å². The van der Waals surface area contributed by atoms with Gasteiger partial charge in [-0.15, -0.1) is 0 Å². The van der Waals surface area contributed by atoms with Crippen LogP contribution in [0.25, 0.3) is 17.2 Å². The molecule has 0 spiro atoms. The number of nitrogens with one attached hydrogen (secondary N) is 1. The number of hydrogen-bond donors (Lipinski definition) is 2. The van der Waals surface area contributed by atoms with Crippen LogP contribution in [0.4, 0.5) is 5.69 Å². The number of nitrogens with zero attached hydrogens (tertiary/aromatic N) is 3. The van der Waals surface area contributed by atoms with Crippen LogP contribution in [0.15, 0.2) is 53.0 Å². The van der Waals surface area contributed by atoms with Crippen LogP contribution < -0.4 is 10.5 Å². The molecule has 202 valence electrons. The van der Waals surface area contributed by atoms with Crippen molar-refractivity contribution in [3.8, 4) is 11.1 Å². The molecule has 2 heterocycles. The van der Waals surface area contributed by atoms with Gasteiger partial charge in [0.2, 0.25) is 15.9 Å². The Balaban J connectivity index is 1.54. The van der Waals surface area contributed by atoms with Crippen molar-refractivity contribution >= 4 is 39.4 Å². The molecule has 2 aromatic carbocycles. The van der Waals surface area contributed by atoms with Crippen LogP contribution in [-0.4, -0.2) is 74.8 Å². The average molecular weight is 538 g/mol. The topological polar surface area (TPSA) is 125 Å². The Labute approximate surface area is 224 Å². The van der Waals surface area contributed by atoms with E-state index in [1.807, 2.05) is 60.4 Å². The normalized spacial score (nSPS) is 15.4. The molecule has 1 saturated heterocycles. The van der Waals surface area contributed by atoms with Gasteiger partial charge in [0.05, 0.1) is 11.9 Å². The molecule has 0 atom stereocenters. The molecule has 9 nitrogen and oxygen atoms in total. The van der Waals surface area contributed by atoms with Crippen molar-refractivity contribution in [1.29, 1.82) is 0 Å². The fourth-order valence-corrected chi connectivity index (χ4v) is 5.23.